The highest BCUT2D eigenvalue weighted by molar-refractivity contribution is 5.89. The Labute approximate surface area is 185 Å². The van der Waals surface area contributed by atoms with Crippen LogP contribution in [0.5, 0.6) is 0 Å². The lowest BCUT2D eigenvalue weighted by Gasteiger charge is -2.30. The Morgan fingerprint density at radius 3 is 1.77 bits per heavy atom. The summed E-state index contributed by atoms with van der Waals surface area (Å²) >= 11 is 0. The van der Waals surface area contributed by atoms with Gasteiger partial charge in [-0.2, -0.15) is 0 Å². The van der Waals surface area contributed by atoms with Crippen molar-refractivity contribution in [1.29, 1.82) is 0 Å². The van der Waals surface area contributed by atoms with Gasteiger partial charge in [-0.3, -0.25) is 0 Å². The predicted molar refractivity (Wildman–Crippen MR) is 131 cm³/mol. The number of fused-ring (bicyclic) bond motifs is 2. The van der Waals surface area contributed by atoms with Crippen molar-refractivity contribution >= 4 is 34.0 Å². The summed E-state index contributed by atoms with van der Waals surface area (Å²) in [7, 11) is 0. The fourth-order valence-corrected chi connectivity index (χ4v) is 3.85. The normalized spacial score (nSPS) is 14.9. The number of nitrogens with zero attached hydrogens (tertiary/aromatic N) is 4. The Morgan fingerprint density at radius 1 is 0.677 bits per heavy atom. The number of para-hydroxylation sites is 4. The number of hydrogen-bond acceptors (Lipinski definition) is 4. The van der Waals surface area contributed by atoms with Crippen molar-refractivity contribution in [3.05, 3.63) is 84.4 Å². The molecule has 1 aliphatic rings. The molecule has 31 heavy (non-hydrogen) atoms. The average Bonchev–Trinajstić information content (AvgIpc) is 3.09. The smallest absolute Gasteiger partial charge is 0.179 e. The van der Waals surface area contributed by atoms with Crippen LogP contribution < -0.4 is 9.80 Å². The van der Waals surface area contributed by atoms with Gasteiger partial charge in [0.15, 0.2) is 11.6 Å². The number of hydrogen-bond donors (Lipinski definition) is 0. The van der Waals surface area contributed by atoms with E-state index in [-0.39, 0.29) is 6.17 Å². The van der Waals surface area contributed by atoms with Crippen LogP contribution in [0.25, 0.3) is 11.0 Å². The number of benzene rings is 3. The SMILES string of the molecule is CCCC.Cc1ccccc1N1c2nc3ccccc3nc2N(c2ccccc2)C1C. The van der Waals surface area contributed by atoms with Gasteiger partial charge in [0, 0.05) is 11.4 Å². The van der Waals surface area contributed by atoms with E-state index >= 15 is 0 Å². The van der Waals surface area contributed by atoms with Crippen LogP contribution in [0.15, 0.2) is 78.9 Å². The maximum Gasteiger partial charge on any atom is 0.179 e. The molecule has 0 N–H and O–H groups in total. The molecule has 0 spiro atoms. The topological polar surface area (TPSA) is 32.3 Å². The lowest BCUT2D eigenvalue weighted by Crippen LogP contribution is -2.35. The molecule has 0 saturated carbocycles. The van der Waals surface area contributed by atoms with E-state index in [1.54, 1.807) is 0 Å². The highest BCUT2D eigenvalue weighted by atomic mass is 15.5. The molecule has 158 valence electrons. The molecular weight excluding hydrogens is 380 g/mol. The first-order valence-electron chi connectivity index (χ1n) is 11.1. The van der Waals surface area contributed by atoms with Crippen molar-refractivity contribution in [2.24, 2.45) is 0 Å². The molecule has 0 aliphatic carbocycles. The van der Waals surface area contributed by atoms with Gasteiger partial charge in [-0.25, -0.2) is 9.97 Å². The van der Waals surface area contributed by atoms with Gasteiger partial charge < -0.3 is 9.80 Å². The van der Waals surface area contributed by atoms with Gasteiger partial charge in [0.05, 0.1) is 11.0 Å². The zero-order chi connectivity index (χ0) is 21.8. The first-order chi connectivity index (χ1) is 15.2. The molecule has 1 aliphatic heterocycles. The molecule has 1 unspecified atom stereocenters. The molecule has 0 fully saturated rings. The molecule has 4 aromatic rings. The molecule has 4 heteroatoms. The van der Waals surface area contributed by atoms with Gasteiger partial charge in [-0.05, 0) is 49.7 Å². The third kappa shape index (κ3) is 3.98. The summed E-state index contributed by atoms with van der Waals surface area (Å²) in [6.07, 6.45) is 2.71. The second-order valence-electron chi connectivity index (χ2n) is 7.85. The Balaban J connectivity index is 0.000000535. The van der Waals surface area contributed by atoms with Crippen molar-refractivity contribution in [1.82, 2.24) is 9.97 Å². The zero-order valence-corrected chi connectivity index (χ0v) is 18.8. The summed E-state index contributed by atoms with van der Waals surface area (Å²) in [6.45, 7) is 8.70. The lowest BCUT2D eigenvalue weighted by atomic mass is 10.2. The summed E-state index contributed by atoms with van der Waals surface area (Å²) in [4.78, 5) is 14.5. The minimum Gasteiger partial charge on any atom is -0.302 e. The monoisotopic (exact) mass is 410 g/mol. The van der Waals surface area contributed by atoms with Crippen molar-refractivity contribution in [2.75, 3.05) is 9.80 Å². The molecule has 1 atom stereocenters. The van der Waals surface area contributed by atoms with Gasteiger partial charge in [-0.15, -0.1) is 0 Å². The molecular formula is C27H30N4. The van der Waals surface area contributed by atoms with Gasteiger partial charge in [0.2, 0.25) is 0 Å². The van der Waals surface area contributed by atoms with Gasteiger partial charge in [-0.1, -0.05) is 75.2 Å². The van der Waals surface area contributed by atoms with Gasteiger partial charge in [0.25, 0.3) is 0 Å². The van der Waals surface area contributed by atoms with E-state index in [0.717, 1.165) is 34.0 Å². The van der Waals surface area contributed by atoms with Crippen molar-refractivity contribution < 1.29 is 0 Å². The van der Waals surface area contributed by atoms with E-state index in [1.807, 2.05) is 30.3 Å². The lowest BCUT2D eigenvalue weighted by molar-refractivity contribution is 0.753. The molecule has 0 saturated heterocycles. The third-order valence-corrected chi connectivity index (χ3v) is 5.65. The molecule has 0 bridgehead atoms. The summed E-state index contributed by atoms with van der Waals surface area (Å²) in [5.74, 6) is 1.80. The van der Waals surface area contributed by atoms with Crippen LogP contribution in [0.3, 0.4) is 0 Å². The van der Waals surface area contributed by atoms with Crippen LogP contribution in [-0.2, 0) is 0 Å². The quantitative estimate of drug-likeness (QED) is 0.353. The van der Waals surface area contributed by atoms with E-state index in [0.29, 0.717) is 0 Å². The van der Waals surface area contributed by atoms with Gasteiger partial charge >= 0.3 is 0 Å². The third-order valence-electron chi connectivity index (χ3n) is 5.65. The summed E-state index contributed by atoms with van der Waals surface area (Å²) in [5, 5.41) is 0. The molecule has 0 amide bonds. The highest BCUT2D eigenvalue weighted by Gasteiger charge is 2.38. The molecule has 5 rings (SSSR count). The van der Waals surface area contributed by atoms with Crippen molar-refractivity contribution in [2.45, 2.75) is 46.7 Å². The van der Waals surface area contributed by atoms with Crippen LogP contribution in [0.4, 0.5) is 23.0 Å². The number of aromatic nitrogens is 2. The number of aryl methyl sites for hydroxylation is 1. The fourth-order valence-electron chi connectivity index (χ4n) is 3.85. The minimum absolute atomic E-state index is 0.0697. The van der Waals surface area contributed by atoms with Crippen LogP contribution in [0.1, 0.15) is 39.2 Å². The zero-order valence-electron chi connectivity index (χ0n) is 18.8. The van der Waals surface area contributed by atoms with E-state index in [4.69, 9.17) is 9.97 Å². The molecule has 4 nitrogen and oxygen atoms in total. The van der Waals surface area contributed by atoms with Crippen LogP contribution in [-0.4, -0.2) is 16.1 Å². The first kappa shape index (κ1) is 20.9. The molecule has 3 aromatic carbocycles. The second kappa shape index (κ2) is 9.17. The van der Waals surface area contributed by atoms with Crippen molar-refractivity contribution in [3.63, 3.8) is 0 Å². The fraction of sp³-hybridized carbons (Fsp3) is 0.259. The average molecular weight is 411 g/mol. The number of rotatable bonds is 3. The predicted octanol–water partition coefficient (Wildman–Crippen LogP) is 7.38. The van der Waals surface area contributed by atoms with Gasteiger partial charge in [0.1, 0.15) is 6.17 Å². The number of anilines is 4. The summed E-state index contributed by atoms with van der Waals surface area (Å²) in [6, 6.07) is 26.9. The largest absolute Gasteiger partial charge is 0.302 e. The first-order valence-corrected chi connectivity index (χ1v) is 11.1. The Kier molecular flexibility index (Phi) is 6.17. The summed E-state index contributed by atoms with van der Waals surface area (Å²) < 4.78 is 0. The van der Waals surface area contributed by atoms with E-state index in [9.17, 15) is 0 Å². The van der Waals surface area contributed by atoms with E-state index in [2.05, 4.69) is 86.0 Å². The van der Waals surface area contributed by atoms with Crippen LogP contribution in [0.2, 0.25) is 0 Å². The number of unbranched alkanes of at least 4 members (excludes halogenated alkanes) is 1. The second-order valence-corrected chi connectivity index (χ2v) is 7.85. The molecule has 0 radical (unpaired) electrons. The minimum atomic E-state index is 0.0697. The standard InChI is InChI=1S/C23H20N4.C4H10/c1-16-10-6-9-15-21(16)27-17(2)26(18-11-4-3-5-12-18)22-23(27)25-20-14-8-7-13-19(20)24-22;1-3-4-2/h3-15,17H,1-2H3;3-4H2,1-2H3. The van der Waals surface area contributed by atoms with Crippen LogP contribution >= 0.6 is 0 Å². The molecule has 1 aromatic heterocycles. The highest BCUT2D eigenvalue weighted by Crippen LogP contribution is 2.46. The van der Waals surface area contributed by atoms with E-state index in [1.165, 1.54) is 18.4 Å². The maximum absolute atomic E-state index is 5.00. The van der Waals surface area contributed by atoms with Crippen LogP contribution in [0, 0.1) is 6.92 Å². The Bertz CT molecular complexity index is 1150. The summed E-state index contributed by atoms with van der Waals surface area (Å²) in [5.41, 5.74) is 5.33. The Hall–Kier alpha value is -3.40. The molecule has 2 heterocycles. The Morgan fingerprint density at radius 2 is 1.19 bits per heavy atom. The van der Waals surface area contributed by atoms with E-state index < -0.39 is 0 Å². The maximum atomic E-state index is 5.00. The van der Waals surface area contributed by atoms with Crippen molar-refractivity contribution in [3.8, 4) is 0 Å².